The van der Waals surface area contributed by atoms with Gasteiger partial charge in [-0.05, 0) is 25.8 Å². The van der Waals surface area contributed by atoms with Gasteiger partial charge in [0.25, 0.3) is 0 Å². The van der Waals surface area contributed by atoms with Crippen LogP contribution in [0.5, 0.6) is 0 Å². The smallest absolute Gasteiger partial charge is 0.0616 e. The van der Waals surface area contributed by atoms with Crippen LogP contribution in [0.4, 0.5) is 0 Å². The van der Waals surface area contributed by atoms with Gasteiger partial charge in [0.15, 0.2) is 0 Å². The normalized spacial score (nSPS) is 12.7. The molecule has 0 heterocycles. The van der Waals surface area contributed by atoms with E-state index >= 15 is 0 Å². The van der Waals surface area contributed by atoms with Gasteiger partial charge in [0, 0.05) is 25.6 Å². The minimum atomic E-state index is 0.332. The molecule has 96 valence electrons. The molecule has 1 N–H and O–H groups in total. The molecule has 1 rings (SSSR count). The van der Waals surface area contributed by atoms with Crippen molar-refractivity contribution in [2.75, 3.05) is 19.6 Å². The van der Waals surface area contributed by atoms with Crippen molar-refractivity contribution < 1.29 is 4.74 Å². The monoisotopic (exact) mass is 255 g/mol. The minimum absolute atomic E-state index is 0.332. The third-order valence-corrected chi connectivity index (χ3v) is 2.92. The van der Waals surface area contributed by atoms with E-state index in [1.54, 1.807) is 7.11 Å². The average Bonchev–Trinajstić information content (AvgIpc) is 2.25. The molecule has 1 atom stereocenters. The first-order valence-electron chi connectivity index (χ1n) is 6.01. The second kappa shape index (κ2) is 7.70. The fraction of sp³-hybridized carbons (Fsp3) is 0.571. The van der Waals surface area contributed by atoms with Gasteiger partial charge in [-0.2, -0.15) is 0 Å². The molecule has 0 spiro atoms. The Morgan fingerprint density at radius 1 is 1.24 bits per heavy atom. The number of hydrogen-bond donors (Lipinski definition) is 1. The third-order valence-electron chi connectivity index (χ3n) is 2.70. The lowest BCUT2D eigenvalue weighted by Gasteiger charge is -2.17. The number of alkyl halides is 1. The van der Waals surface area contributed by atoms with Crippen LogP contribution in [0.1, 0.15) is 23.1 Å². The van der Waals surface area contributed by atoms with Gasteiger partial charge in [-0.25, -0.2) is 0 Å². The lowest BCUT2D eigenvalue weighted by molar-refractivity contribution is 0.164. The Bertz CT molecular complexity index is 315. The van der Waals surface area contributed by atoms with E-state index in [2.05, 4.69) is 37.4 Å². The van der Waals surface area contributed by atoms with Crippen LogP contribution in [-0.4, -0.2) is 25.6 Å². The zero-order chi connectivity index (χ0) is 12.7. The standard InChI is InChI=1S/C14H22ClNO/c1-11-6-12(2)8-13(7-11)9-16-14(4-5-15)10-17-3/h6-8,14,16H,4-5,9-10H2,1-3H3. The highest BCUT2D eigenvalue weighted by atomic mass is 35.5. The zero-order valence-corrected chi connectivity index (χ0v) is 11.7. The zero-order valence-electron chi connectivity index (χ0n) is 10.9. The largest absolute Gasteiger partial charge is 0.383 e. The number of ether oxygens (including phenoxy) is 1. The molecule has 1 aromatic carbocycles. The number of halogens is 1. The maximum absolute atomic E-state index is 5.77. The maximum Gasteiger partial charge on any atom is 0.0616 e. The Hall–Kier alpha value is -0.570. The number of hydrogen-bond acceptors (Lipinski definition) is 2. The van der Waals surface area contributed by atoms with Gasteiger partial charge < -0.3 is 10.1 Å². The molecule has 0 fully saturated rings. The summed E-state index contributed by atoms with van der Waals surface area (Å²) in [7, 11) is 1.72. The summed E-state index contributed by atoms with van der Waals surface area (Å²) in [5, 5.41) is 3.48. The molecular formula is C14H22ClNO. The first-order valence-corrected chi connectivity index (χ1v) is 6.54. The quantitative estimate of drug-likeness (QED) is 0.757. The molecule has 1 unspecified atom stereocenters. The highest BCUT2D eigenvalue weighted by Crippen LogP contribution is 2.09. The Labute approximate surface area is 109 Å². The van der Waals surface area contributed by atoms with E-state index in [1.165, 1.54) is 16.7 Å². The Balaban J connectivity index is 2.52. The van der Waals surface area contributed by atoms with Crippen LogP contribution in [-0.2, 0) is 11.3 Å². The second-order valence-corrected chi connectivity index (χ2v) is 4.88. The lowest BCUT2D eigenvalue weighted by Crippen LogP contribution is -2.33. The number of aryl methyl sites for hydroxylation is 2. The first-order chi connectivity index (χ1) is 8.15. The number of methoxy groups -OCH3 is 1. The summed E-state index contributed by atoms with van der Waals surface area (Å²) in [6, 6.07) is 6.95. The summed E-state index contributed by atoms with van der Waals surface area (Å²) in [6.07, 6.45) is 0.931. The lowest BCUT2D eigenvalue weighted by atomic mass is 10.1. The SMILES string of the molecule is COCC(CCCl)NCc1cc(C)cc(C)c1. The number of benzene rings is 1. The molecule has 17 heavy (non-hydrogen) atoms. The van der Waals surface area contributed by atoms with E-state index < -0.39 is 0 Å². The van der Waals surface area contributed by atoms with Crippen molar-refractivity contribution in [1.29, 1.82) is 0 Å². The predicted octanol–water partition coefficient (Wildman–Crippen LogP) is 3.04. The van der Waals surface area contributed by atoms with E-state index in [9.17, 15) is 0 Å². The van der Waals surface area contributed by atoms with Gasteiger partial charge in [0.1, 0.15) is 0 Å². The minimum Gasteiger partial charge on any atom is -0.383 e. The summed E-state index contributed by atoms with van der Waals surface area (Å²) in [4.78, 5) is 0. The molecule has 0 aliphatic heterocycles. The van der Waals surface area contributed by atoms with Crippen LogP contribution < -0.4 is 5.32 Å². The van der Waals surface area contributed by atoms with E-state index in [-0.39, 0.29) is 0 Å². The Morgan fingerprint density at radius 3 is 2.41 bits per heavy atom. The van der Waals surface area contributed by atoms with Gasteiger partial charge in [-0.3, -0.25) is 0 Å². The average molecular weight is 256 g/mol. The van der Waals surface area contributed by atoms with Crippen molar-refractivity contribution in [3.05, 3.63) is 34.9 Å². The molecule has 0 bridgehead atoms. The van der Waals surface area contributed by atoms with Crippen LogP contribution in [0.15, 0.2) is 18.2 Å². The van der Waals surface area contributed by atoms with Crippen LogP contribution in [0.25, 0.3) is 0 Å². The summed E-state index contributed by atoms with van der Waals surface area (Å²) in [5.41, 5.74) is 3.93. The molecule has 2 nitrogen and oxygen atoms in total. The van der Waals surface area contributed by atoms with Gasteiger partial charge >= 0.3 is 0 Å². The van der Waals surface area contributed by atoms with E-state index in [0.29, 0.717) is 18.5 Å². The van der Waals surface area contributed by atoms with Gasteiger partial charge in [-0.1, -0.05) is 29.3 Å². The fourth-order valence-corrected chi connectivity index (χ4v) is 2.27. The number of rotatable bonds is 7. The summed E-state index contributed by atoms with van der Waals surface area (Å²) in [5.74, 6) is 0.661. The second-order valence-electron chi connectivity index (χ2n) is 4.51. The highest BCUT2D eigenvalue weighted by molar-refractivity contribution is 6.17. The summed E-state index contributed by atoms with van der Waals surface area (Å²) < 4.78 is 5.17. The van der Waals surface area contributed by atoms with Crippen LogP contribution >= 0.6 is 11.6 Å². The van der Waals surface area contributed by atoms with Crippen molar-refractivity contribution in [2.24, 2.45) is 0 Å². The highest BCUT2D eigenvalue weighted by Gasteiger charge is 2.07. The Morgan fingerprint density at radius 2 is 1.88 bits per heavy atom. The molecule has 0 radical (unpaired) electrons. The molecule has 1 aromatic rings. The molecule has 0 saturated carbocycles. The molecule has 0 aliphatic carbocycles. The molecule has 0 aromatic heterocycles. The molecule has 0 amide bonds. The van der Waals surface area contributed by atoms with Crippen molar-refractivity contribution in [1.82, 2.24) is 5.32 Å². The fourth-order valence-electron chi connectivity index (χ4n) is 2.01. The van der Waals surface area contributed by atoms with Crippen molar-refractivity contribution in [3.63, 3.8) is 0 Å². The van der Waals surface area contributed by atoms with Crippen molar-refractivity contribution in [2.45, 2.75) is 32.9 Å². The topological polar surface area (TPSA) is 21.3 Å². The van der Waals surface area contributed by atoms with Crippen LogP contribution in [0, 0.1) is 13.8 Å². The molecule has 0 saturated heterocycles. The Kier molecular flexibility index (Phi) is 6.56. The van der Waals surface area contributed by atoms with Gasteiger partial charge in [-0.15, -0.1) is 11.6 Å². The number of nitrogens with one attached hydrogen (secondary N) is 1. The predicted molar refractivity (Wildman–Crippen MR) is 73.8 cm³/mol. The van der Waals surface area contributed by atoms with E-state index in [1.807, 2.05) is 0 Å². The maximum atomic E-state index is 5.77. The molecule has 0 aliphatic rings. The van der Waals surface area contributed by atoms with E-state index in [4.69, 9.17) is 16.3 Å². The van der Waals surface area contributed by atoms with Crippen LogP contribution in [0.2, 0.25) is 0 Å². The molecule has 3 heteroatoms. The summed E-state index contributed by atoms with van der Waals surface area (Å²) >= 11 is 5.77. The van der Waals surface area contributed by atoms with Crippen LogP contribution in [0.3, 0.4) is 0 Å². The van der Waals surface area contributed by atoms with Crippen molar-refractivity contribution in [3.8, 4) is 0 Å². The van der Waals surface area contributed by atoms with Gasteiger partial charge in [0.05, 0.1) is 6.61 Å². The summed E-state index contributed by atoms with van der Waals surface area (Å²) in [6.45, 7) is 5.83. The van der Waals surface area contributed by atoms with E-state index in [0.717, 1.165) is 13.0 Å². The third kappa shape index (κ3) is 5.53. The molecular weight excluding hydrogens is 234 g/mol. The first kappa shape index (κ1) is 14.5. The van der Waals surface area contributed by atoms with Gasteiger partial charge in [0.2, 0.25) is 0 Å². The van der Waals surface area contributed by atoms with Crippen molar-refractivity contribution >= 4 is 11.6 Å².